The van der Waals surface area contributed by atoms with Crippen molar-refractivity contribution >= 4 is 0 Å². The number of hydrogen-bond acceptors (Lipinski definition) is 3. The lowest BCUT2D eigenvalue weighted by atomic mass is 10.1. The standard InChI is InChI=1S/C7H15NO2/c1-10-7-5-8-4-2-3-6(7)9/h6-9H,2-5H2,1H3. The van der Waals surface area contributed by atoms with Crippen molar-refractivity contribution < 1.29 is 9.84 Å². The molecule has 1 fully saturated rings. The zero-order valence-corrected chi connectivity index (χ0v) is 6.34. The van der Waals surface area contributed by atoms with Gasteiger partial charge in [0.1, 0.15) is 0 Å². The van der Waals surface area contributed by atoms with Crippen molar-refractivity contribution in [3.63, 3.8) is 0 Å². The first-order valence-electron chi connectivity index (χ1n) is 3.76. The zero-order chi connectivity index (χ0) is 7.40. The fraction of sp³-hybridized carbons (Fsp3) is 1.00. The zero-order valence-electron chi connectivity index (χ0n) is 6.34. The number of nitrogens with one attached hydrogen (secondary N) is 1. The molecule has 0 radical (unpaired) electrons. The van der Waals surface area contributed by atoms with Crippen LogP contribution in [-0.2, 0) is 4.74 Å². The van der Waals surface area contributed by atoms with Crippen molar-refractivity contribution in [1.82, 2.24) is 5.32 Å². The molecule has 1 rings (SSSR count). The van der Waals surface area contributed by atoms with Crippen LogP contribution in [0.3, 0.4) is 0 Å². The molecule has 10 heavy (non-hydrogen) atoms. The van der Waals surface area contributed by atoms with Gasteiger partial charge >= 0.3 is 0 Å². The molecule has 0 saturated carbocycles. The summed E-state index contributed by atoms with van der Waals surface area (Å²) < 4.78 is 5.07. The van der Waals surface area contributed by atoms with Crippen LogP contribution in [0.4, 0.5) is 0 Å². The van der Waals surface area contributed by atoms with Crippen molar-refractivity contribution in [2.24, 2.45) is 0 Å². The highest BCUT2D eigenvalue weighted by atomic mass is 16.5. The first-order valence-corrected chi connectivity index (χ1v) is 3.76. The average Bonchev–Trinajstić information content (AvgIpc) is 2.13. The maximum absolute atomic E-state index is 9.38. The third-order valence-electron chi connectivity index (χ3n) is 1.93. The van der Waals surface area contributed by atoms with Crippen molar-refractivity contribution in [2.45, 2.75) is 25.0 Å². The van der Waals surface area contributed by atoms with Gasteiger partial charge in [-0.2, -0.15) is 0 Å². The summed E-state index contributed by atoms with van der Waals surface area (Å²) in [7, 11) is 1.64. The minimum atomic E-state index is -0.278. The van der Waals surface area contributed by atoms with E-state index in [1.165, 1.54) is 0 Å². The van der Waals surface area contributed by atoms with Gasteiger partial charge in [-0.1, -0.05) is 0 Å². The van der Waals surface area contributed by atoms with E-state index in [0.717, 1.165) is 25.9 Å². The summed E-state index contributed by atoms with van der Waals surface area (Å²) in [4.78, 5) is 0. The van der Waals surface area contributed by atoms with E-state index in [1.54, 1.807) is 7.11 Å². The van der Waals surface area contributed by atoms with E-state index >= 15 is 0 Å². The summed E-state index contributed by atoms with van der Waals surface area (Å²) >= 11 is 0. The molecule has 0 amide bonds. The summed E-state index contributed by atoms with van der Waals surface area (Å²) in [5.74, 6) is 0. The topological polar surface area (TPSA) is 41.5 Å². The van der Waals surface area contributed by atoms with Crippen LogP contribution in [0.5, 0.6) is 0 Å². The van der Waals surface area contributed by atoms with Crippen molar-refractivity contribution in [3.05, 3.63) is 0 Å². The molecule has 60 valence electrons. The third-order valence-corrected chi connectivity index (χ3v) is 1.93. The van der Waals surface area contributed by atoms with Gasteiger partial charge in [0.25, 0.3) is 0 Å². The average molecular weight is 145 g/mol. The molecule has 2 atom stereocenters. The number of aliphatic hydroxyl groups is 1. The van der Waals surface area contributed by atoms with Gasteiger partial charge in [-0.25, -0.2) is 0 Å². The van der Waals surface area contributed by atoms with E-state index in [4.69, 9.17) is 4.74 Å². The fourth-order valence-corrected chi connectivity index (χ4v) is 1.24. The number of aliphatic hydroxyl groups excluding tert-OH is 1. The molecule has 0 aliphatic carbocycles. The molecule has 2 unspecified atom stereocenters. The van der Waals surface area contributed by atoms with Gasteiger partial charge in [-0.15, -0.1) is 0 Å². The predicted molar refractivity (Wildman–Crippen MR) is 38.9 cm³/mol. The second kappa shape index (κ2) is 3.91. The smallest absolute Gasteiger partial charge is 0.0954 e. The maximum atomic E-state index is 9.38. The molecule has 0 bridgehead atoms. The van der Waals surface area contributed by atoms with Crippen LogP contribution in [0.1, 0.15) is 12.8 Å². The minimum Gasteiger partial charge on any atom is -0.390 e. The molecule has 0 aromatic rings. The second-order valence-corrected chi connectivity index (χ2v) is 2.69. The highest BCUT2D eigenvalue weighted by molar-refractivity contribution is 4.75. The first-order chi connectivity index (χ1) is 4.84. The lowest BCUT2D eigenvalue weighted by molar-refractivity contribution is -0.00796. The Kier molecular flexibility index (Phi) is 3.12. The van der Waals surface area contributed by atoms with E-state index in [2.05, 4.69) is 5.32 Å². The molecule has 3 nitrogen and oxygen atoms in total. The summed E-state index contributed by atoms with van der Waals surface area (Å²) in [6.45, 7) is 1.77. The van der Waals surface area contributed by atoms with E-state index < -0.39 is 0 Å². The highest BCUT2D eigenvalue weighted by Gasteiger charge is 2.19. The van der Waals surface area contributed by atoms with Gasteiger partial charge in [-0.3, -0.25) is 0 Å². The fourth-order valence-electron chi connectivity index (χ4n) is 1.24. The molecule has 0 spiro atoms. The summed E-state index contributed by atoms with van der Waals surface area (Å²) in [5, 5.41) is 12.6. The lowest BCUT2D eigenvalue weighted by Crippen LogP contribution is -2.34. The Hall–Kier alpha value is -0.120. The van der Waals surface area contributed by atoms with Crippen LogP contribution in [0.25, 0.3) is 0 Å². The van der Waals surface area contributed by atoms with Gasteiger partial charge < -0.3 is 15.2 Å². The minimum absolute atomic E-state index is 0.0116. The Labute approximate surface area is 61.4 Å². The lowest BCUT2D eigenvalue weighted by Gasteiger charge is -2.17. The van der Waals surface area contributed by atoms with E-state index in [0.29, 0.717) is 0 Å². The van der Waals surface area contributed by atoms with Crippen LogP contribution >= 0.6 is 0 Å². The molecule has 1 saturated heterocycles. The summed E-state index contributed by atoms with van der Waals surface area (Å²) in [6.07, 6.45) is 1.61. The van der Waals surface area contributed by atoms with Crippen molar-refractivity contribution in [2.75, 3.05) is 20.2 Å². The second-order valence-electron chi connectivity index (χ2n) is 2.69. The van der Waals surface area contributed by atoms with Gasteiger partial charge in [-0.05, 0) is 19.4 Å². The maximum Gasteiger partial charge on any atom is 0.0954 e. The van der Waals surface area contributed by atoms with Gasteiger partial charge in [0, 0.05) is 13.7 Å². The summed E-state index contributed by atoms with van der Waals surface area (Å²) in [6, 6.07) is 0. The number of rotatable bonds is 1. The molecule has 0 aromatic heterocycles. The van der Waals surface area contributed by atoms with Crippen LogP contribution in [-0.4, -0.2) is 37.5 Å². The van der Waals surface area contributed by atoms with Crippen LogP contribution in [0, 0.1) is 0 Å². The van der Waals surface area contributed by atoms with E-state index in [1.807, 2.05) is 0 Å². The van der Waals surface area contributed by atoms with E-state index in [9.17, 15) is 5.11 Å². The molecule has 1 heterocycles. The number of ether oxygens (including phenoxy) is 1. The number of hydrogen-bond donors (Lipinski definition) is 2. The van der Waals surface area contributed by atoms with Crippen LogP contribution in [0.2, 0.25) is 0 Å². The SMILES string of the molecule is COC1CNCCCC1O. The Morgan fingerprint density at radius 3 is 3.10 bits per heavy atom. The molecule has 1 aliphatic rings. The molecule has 2 N–H and O–H groups in total. The molecular formula is C7H15NO2. The van der Waals surface area contributed by atoms with Crippen molar-refractivity contribution in [1.29, 1.82) is 0 Å². The Morgan fingerprint density at radius 1 is 1.60 bits per heavy atom. The largest absolute Gasteiger partial charge is 0.390 e. The summed E-state index contributed by atoms with van der Waals surface area (Å²) in [5.41, 5.74) is 0. The Balaban J connectivity index is 2.35. The quantitative estimate of drug-likeness (QED) is 0.534. The van der Waals surface area contributed by atoms with Gasteiger partial charge in [0.15, 0.2) is 0 Å². The van der Waals surface area contributed by atoms with Gasteiger partial charge in [0.05, 0.1) is 12.2 Å². The molecule has 0 aromatic carbocycles. The monoisotopic (exact) mass is 145 g/mol. The highest BCUT2D eigenvalue weighted by Crippen LogP contribution is 2.07. The number of methoxy groups -OCH3 is 1. The Bertz CT molecular complexity index is 97.6. The van der Waals surface area contributed by atoms with Crippen molar-refractivity contribution in [3.8, 4) is 0 Å². The predicted octanol–water partition coefficient (Wildman–Crippen LogP) is -0.254. The molecule has 1 aliphatic heterocycles. The Morgan fingerprint density at radius 2 is 2.40 bits per heavy atom. The third kappa shape index (κ3) is 1.94. The van der Waals surface area contributed by atoms with Crippen LogP contribution in [0.15, 0.2) is 0 Å². The van der Waals surface area contributed by atoms with E-state index in [-0.39, 0.29) is 12.2 Å². The first kappa shape index (κ1) is 7.98. The van der Waals surface area contributed by atoms with Crippen LogP contribution < -0.4 is 5.32 Å². The van der Waals surface area contributed by atoms with Gasteiger partial charge in [0.2, 0.25) is 0 Å². The molecular weight excluding hydrogens is 130 g/mol. The molecule has 3 heteroatoms. The normalized spacial score (nSPS) is 35.4.